The highest BCUT2D eigenvalue weighted by molar-refractivity contribution is 7.07. The third-order valence-corrected chi connectivity index (χ3v) is 4.44. The second-order valence-electron chi connectivity index (χ2n) is 5.29. The van der Waals surface area contributed by atoms with Crippen molar-refractivity contribution in [2.45, 2.75) is 12.6 Å². The zero-order valence-corrected chi connectivity index (χ0v) is 13.7. The number of nitrogens with one attached hydrogen (secondary N) is 1. The van der Waals surface area contributed by atoms with Gasteiger partial charge in [0.1, 0.15) is 6.10 Å². The summed E-state index contributed by atoms with van der Waals surface area (Å²) in [5, 5.41) is 11.9. The van der Waals surface area contributed by atoms with Gasteiger partial charge >= 0.3 is 0 Å². The van der Waals surface area contributed by atoms with Crippen LogP contribution in [0.1, 0.15) is 17.2 Å². The Kier molecular flexibility index (Phi) is 4.74. The largest absolute Gasteiger partial charge is 0.370 e. The van der Waals surface area contributed by atoms with Gasteiger partial charge in [0.05, 0.1) is 19.3 Å². The molecular formula is C15H21N5OS. The smallest absolute Gasteiger partial charge is 0.194 e. The van der Waals surface area contributed by atoms with Crippen LogP contribution in [0.5, 0.6) is 0 Å². The van der Waals surface area contributed by atoms with Crippen molar-refractivity contribution in [1.29, 1.82) is 0 Å². The molecule has 0 radical (unpaired) electrons. The monoisotopic (exact) mass is 319 g/mol. The molecule has 1 N–H and O–H groups in total. The summed E-state index contributed by atoms with van der Waals surface area (Å²) in [5.41, 5.74) is 2.39. The van der Waals surface area contributed by atoms with Crippen molar-refractivity contribution in [1.82, 2.24) is 20.0 Å². The lowest BCUT2D eigenvalue weighted by atomic mass is 10.1. The van der Waals surface area contributed by atoms with Gasteiger partial charge in [0, 0.05) is 38.9 Å². The minimum atomic E-state index is 0.0437. The lowest BCUT2D eigenvalue weighted by Crippen LogP contribution is -2.47. The van der Waals surface area contributed by atoms with Crippen LogP contribution in [0.25, 0.3) is 0 Å². The van der Waals surface area contributed by atoms with Gasteiger partial charge in [-0.1, -0.05) is 0 Å². The van der Waals surface area contributed by atoms with Gasteiger partial charge in [-0.05, 0) is 22.4 Å². The molecule has 1 aliphatic heterocycles. The van der Waals surface area contributed by atoms with Crippen molar-refractivity contribution >= 4 is 17.3 Å². The molecule has 1 atom stereocenters. The van der Waals surface area contributed by atoms with Crippen LogP contribution in [0.15, 0.2) is 34.2 Å². The zero-order chi connectivity index (χ0) is 15.4. The Bertz CT molecular complexity index is 622. The molecule has 22 heavy (non-hydrogen) atoms. The summed E-state index contributed by atoms with van der Waals surface area (Å²) >= 11 is 1.71. The molecule has 0 amide bonds. The minimum Gasteiger partial charge on any atom is -0.370 e. The molecule has 118 valence electrons. The van der Waals surface area contributed by atoms with Gasteiger partial charge < -0.3 is 15.0 Å². The molecule has 6 nitrogen and oxygen atoms in total. The number of thiophene rings is 1. The van der Waals surface area contributed by atoms with Crippen LogP contribution in [0, 0.1) is 0 Å². The topological polar surface area (TPSA) is 54.7 Å². The lowest BCUT2D eigenvalue weighted by Gasteiger charge is -2.34. The molecule has 2 aromatic heterocycles. The van der Waals surface area contributed by atoms with E-state index in [2.05, 4.69) is 37.1 Å². The van der Waals surface area contributed by atoms with Crippen LogP contribution in [0.4, 0.5) is 0 Å². The number of nitrogens with zero attached hydrogens (tertiary/aromatic N) is 4. The average Bonchev–Trinajstić information content (AvgIpc) is 3.20. The van der Waals surface area contributed by atoms with E-state index in [1.54, 1.807) is 16.0 Å². The number of morpholine rings is 1. The highest BCUT2D eigenvalue weighted by atomic mass is 32.1. The predicted octanol–water partition coefficient (Wildman–Crippen LogP) is 1.63. The van der Waals surface area contributed by atoms with Gasteiger partial charge in [0.2, 0.25) is 0 Å². The number of aliphatic imine (C=N–C) groups is 1. The molecule has 3 rings (SSSR count). The average molecular weight is 319 g/mol. The maximum Gasteiger partial charge on any atom is 0.194 e. The van der Waals surface area contributed by atoms with Crippen LogP contribution in [-0.2, 0) is 18.3 Å². The number of aromatic nitrogens is 2. The van der Waals surface area contributed by atoms with Gasteiger partial charge in [-0.25, -0.2) is 0 Å². The van der Waals surface area contributed by atoms with Crippen LogP contribution < -0.4 is 5.32 Å². The molecule has 1 saturated heterocycles. The third-order valence-electron chi connectivity index (χ3n) is 3.71. The van der Waals surface area contributed by atoms with Crippen LogP contribution >= 0.6 is 11.3 Å². The van der Waals surface area contributed by atoms with E-state index in [0.29, 0.717) is 6.61 Å². The first kappa shape index (κ1) is 15.1. The lowest BCUT2D eigenvalue weighted by molar-refractivity contribution is -0.00805. The van der Waals surface area contributed by atoms with Crippen LogP contribution in [0.3, 0.4) is 0 Å². The first-order valence-corrected chi connectivity index (χ1v) is 8.27. The van der Waals surface area contributed by atoms with Gasteiger partial charge in [-0.3, -0.25) is 9.67 Å². The van der Waals surface area contributed by atoms with Gasteiger partial charge in [-0.2, -0.15) is 16.4 Å². The molecule has 0 aromatic carbocycles. The molecule has 1 aliphatic rings. The van der Waals surface area contributed by atoms with Crippen molar-refractivity contribution in [2.24, 2.45) is 12.0 Å². The SMILES string of the molecule is CN=C(NCc1ccsc1)N1CCOC(c2cnn(C)c2)C1. The second kappa shape index (κ2) is 6.93. The van der Waals surface area contributed by atoms with Crippen molar-refractivity contribution in [3.8, 4) is 0 Å². The number of rotatable bonds is 3. The molecule has 0 spiro atoms. The van der Waals surface area contributed by atoms with Crippen molar-refractivity contribution in [3.05, 3.63) is 40.3 Å². The highest BCUT2D eigenvalue weighted by Gasteiger charge is 2.25. The minimum absolute atomic E-state index is 0.0437. The molecule has 7 heteroatoms. The Balaban J connectivity index is 1.62. The summed E-state index contributed by atoms with van der Waals surface area (Å²) in [6, 6.07) is 2.13. The quantitative estimate of drug-likeness (QED) is 0.690. The number of guanidine groups is 1. The molecule has 3 heterocycles. The van der Waals surface area contributed by atoms with Crippen molar-refractivity contribution < 1.29 is 4.74 Å². The fourth-order valence-corrected chi connectivity index (χ4v) is 3.22. The van der Waals surface area contributed by atoms with Gasteiger partial charge in [0.25, 0.3) is 0 Å². The summed E-state index contributed by atoms with van der Waals surface area (Å²) in [4.78, 5) is 6.65. The van der Waals surface area contributed by atoms with E-state index < -0.39 is 0 Å². The summed E-state index contributed by atoms with van der Waals surface area (Å²) in [6.07, 6.45) is 3.92. The molecule has 1 unspecified atom stereocenters. The molecular weight excluding hydrogens is 298 g/mol. The fraction of sp³-hybridized carbons (Fsp3) is 0.467. The van der Waals surface area contributed by atoms with E-state index in [-0.39, 0.29) is 6.10 Å². The Morgan fingerprint density at radius 2 is 2.50 bits per heavy atom. The standard InChI is InChI=1S/C15H21N5OS/c1-16-15(17-7-12-3-6-22-11-12)20-4-5-21-14(10-20)13-8-18-19(2)9-13/h3,6,8-9,11,14H,4-5,7,10H2,1-2H3,(H,16,17). The molecule has 2 aromatic rings. The Labute approximate surface area is 134 Å². The zero-order valence-electron chi connectivity index (χ0n) is 12.9. The maximum atomic E-state index is 5.88. The fourth-order valence-electron chi connectivity index (χ4n) is 2.56. The van der Waals surface area contributed by atoms with Crippen molar-refractivity contribution in [2.75, 3.05) is 26.7 Å². The Hall–Kier alpha value is -1.86. The van der Waals surface area contributed by atoms with E-state index in [1.807, 2.05) is 26.5 Å². The summed E-state index contributed by atoms with van der Waals surface area (Å²) < 4.78 is 7.68. The van der Waals surface area contributed by atoms with E-state index >= 15 is 0 Å². The second-order valence-corrected chi connectivity index (χ2v) is 6.07. The van der Waals surface area contributed by atoms with Crippen LogP contribution in [0.2, 0.25) is 0 Å². The van der Waals surface area contributed by atoms with Crippen molar-refractivity contribution in [3.63, 3.8) is 0 Å². The van der Waals surface area contributed by atoms with Gasteiger partial charge in [0.15, 0.2) is 5.96 Å². The number of hydrogen-bond donors (Lipinski definition) is 1. The highest BCUT2D eigenvalue weighted by Crippen LogP contribution is 2.21. The summed E-state index contributed by atoms with van der Waals surface area (Å²) in [6.45, 7) is 3.12. The third kappa shape index (κ3) is 3.48. The van der Waals surface area contributed by atoms with E-state index in [1.165, 1.54) is 5.56 Å². The maximum absolute atomic E-state index is 5.88. The normalized spacial score (nSPS) is 19.5. The van der Waals surface area contributed by atoms with Gasteiger partial charge in [-0.15, -0.1) is 0 Å². The van der Waals surface area contributed by atoms with Crippen LogP contribution in [-0.4, -0.2) is 47.4 Å². The first-order chi connectivity index (χ1) is 10.8. The Morgan fingerprint density at radius 1 is 1.59 bits per heavy atom. The predicted molar refractivity (Wildman–Crippen MR) is 88.0 cm³/mol. The van der Waals surface area contributed by atoms with E-state index in [0.717, 1.165) is 31.2 Å². The summed E-state index contributed by atoms with van der Waals surface area (Å²) in [7, 11) is 3.75. The number of hydrogen-bond acceptors (Lipinski definition) is 4. The number of ether oxygens (including phenoxy) is 1. The molecule has 0 saturated carbocycles. The van der Waals surface area contributed by atoms with E-state index in [4.69, 9.17) is 4.74 Å². The molecule has 1 fully saturated rings. The Morgan fingerprint density at radius 3 is 3.18 bits per heavy atom. The molecule has 0 aliphatic carbocycles. The number of aryl methyl sites for hydroxylation is 1. The molecule has 0 bridgehead atoms. The van der Waals surface area contributed by atoms with E-state index in [9.17, 15) is 0 Å². The summed E-state index contributed by atoms with van der Waals surface area (Å²) in [5.74, 6) is 0.920. The first-order valence-electron chi connectivity index (χ1n) is 7.33.